The van der Waals surface area contributed by atoms with E-state index in [-0.39, 0.29) is 24.0 Å². The molecule has 3 N–H and O–H groups in total. The summed E-state index contributed by atoms with van der Waals surface area (Å²) in [6.07, 6.45) is 4.95. The quantitative estimate of drug-likeness (QED) is 0.234. The fraction of sp³-hybridized carbons (Fsp3) is 0.944. The molecule has 6 nitrogen and oxygen atoms in total. The average Bonchev–Trinajstić information content (AvgIpc) is 3.10. The number of nitrogens with zero attached hydrogens (tertiary/aromatic N) is 3. The number of guanidine groups is 1. The van der Waals surface area contributed by atoms with Crippen molar-refractivity contribution in [3.05, 3.63) is 0 Å². The Kier molecular flexibility index (Phi) is 12.0. The minimum absolute atomic E-state index is 0. The third-order valence-corrected chi connectivity index (χ3v) is 4.93. The number of nitrogens with one attached hydrogen (secondary N) is 1. The number of hydrogen-bond acceptors (Lipinski definition) is 4. The predicted molar refractivity (Wildman–Crippen MR) is 116 cm³/mol. The van der Waals surface area contributed by atoms with Crippen molar-refractivity contribution in [3.8, 4) is 0 Å². The summed E-state index contributed by atoms with van der Waals surface area (Å²) in [5.41, 5.74) is 6.06. The molecular weight excluding hydrogens is 429 g/mol. The molecule has 2 saturated heterocycles. The van der Waals surface area contributed by atoms with E-state index >= 15 is 0 Å². The normalized spacial score (nSPS) is 21.3. The van der Waals surface area contributed by atoms with E-state index in [0.717, 1.165) is 52.4 Å². The van der Waals surface area contributed by atoms with Crippen LogP contribution in [0.2, 0.25) is 0 Å². The molecule has 148 valence electrons. The van der Waals surface area contributed by atoms with Gasteiger partial charge in [0.25, 0.3) is 0 Å². The molecule has 2 aliphatic heterocycles. The molecule has 0 aromatic rings. The second-order valence-electron chi connectivity index (χ2n) is 7.49. The molecule has 0 bridgehead atoms. The minimum atomic E-state index is 0. The van der Waals surface area contributed by atoms with Gasteiger partial charge in [-0.1, -0.05) is 13.8 Å². The second-order valence-corrected chi connectivity index (χ2v) is 7.49. The lowest BCUT2D eigenvalue weighted by Crippen LogP contribution is -2.40. The zero-order valence-electron chi connectivity index (χ0n) is 16.1. The number of aliphatic imine (C=N–C) groups is 1. The van der Waals surface area contributed by atoms with Gasteiger partial charge in [-0.3, -0.25) is 14.8 Å². The molecule has 0 radical (unpaired) electrons. The molecule has 0 aliphatic carbocycles. The van der Waals surface area contributed by atoms with Gasteiger partial charge in [0.15, 0.2) is 5.96 Å². The number of likely N-dealkylation sites (tertiary alicyclic amines) is 1. The van der Waals surface area contributed by atoms with Crippen molar-refractivity contribution in [2.24, 2.45) is 16.6 Å². The van der Waals surface area contributed by atoms with Gasteiger partial charge in [-0.15, -0.1) is 24.0 Å². The maximum absolute atomic E-state index is 6.06. The van der Waals surface area contributed by atoms with E-state index in [2.05, 4.69) is 34.0 Å². The summed E-state index contributed by atoms with van der Waals surface area (Å²) >= 11 is 0. The van der Waals surface area contributed by atoms with Crippen LogP contribution in [0.25, 0.3) is 0 Å². The standard InChI is InChI=1S/C18H37N5O.HI/c1-16(2)14-17(23-8-3-4-9-23)15-21-18(19)20-6-5-7-22-10-12-24-13-11-22;/h16-17H,3-15H2,1-2H3,(H3,19,20,21);1H. The third kappa shape index (κ3) is 9.40. The summed E-state index contributed by atoms with van der Waals surface area (Å²) in [5.74, 6) is 1.30. The lowest BCUT2D eigenvalue weighted by atomic mass is 10.0. The molecule has 2 heterocycles. The van der Waals surface area contributed by atoms with Crippen LogP contribution in [0.1, 0.15) is 39.5 Å². The highest BCUT2D eigenvalue weighted by atomic mass is 127. The summed E-state index contributed by atoms with van der Waals surface area (Å²) in [7, 11) is 0. The van der Waals surface area contributed by atoms with Crippen LogP contribution in [0.15, 0.2) is 4.99 Å². The first-order valence-corrected chi connectivity index (χ1v) is 9.73. The van der Waals surface area contributed by atoms with Gasteiger partial charge >= 0.3 is 0 Å². The number of nitrogens with two attached hydrogens (primary N) is 1. The summed E-state index contributed by atoms with van der Waals surface area (Å²) in [6, 6.07) is 0.543. The molecule has 2 aliphatic rings. The Labute approximate surface area is 170 Å². The van der Waals surface area contributed by atoms with Crippen molar-refractivity contribution in [2.45, 2.75) is 45.6 Å². The van der Waals surface area contributed by atoms with E-state index in [1.807, 2.05) is 0 Å². The first-order valence-electron chi connectivity index (χ1n) is 9.73. The molecular formula is C18H38IN5O. The summed E-state index contributed by atoms with van der Waals surface area (Å²) in [4.78, 5) is 9.66. The Hall–Kier alpha value is -0.120. The van der Waals surface area contributed by atoms with Gasteiger partial charge in [-0.05, 0) is 51.2 Å². The Morgan fingerprint density at radius 2 is 1.84 bits per heavy atom. The maximum Gasteiger partial charge on any atom is 0.188 e. The van der Waals surface area contributed by atoms with E-state index in [1.165, 1.54) is 32.4 Å². The van der Waals surface area contributed by atoms with E-state index in [0.29, 0.717) is 17.9 Å². The van der Waals surface area contributed by atoms with Gasteiger partial charge in [-0.2, -0.15) is 0 Å². The zero-order chi connectivity index (χ0) is 17.2. The largest absolute Gasteiger partial charge is 0.379 e. The van der Waals surface area contributed by atoms with Crippen LogP contribution in [0, 0.1) is 5.92 Å². The monoisotopic (exact) mass is 467 g/mol. The van der Waals surface area contributed by atoms with Gasteiger partial charge < -0.3 is 15.8 Å². The Bertz CT molecular complexity index is 368. The molecule has 0 saturated carbocycles. The van der Waals surface area contributed by atoms with Crippen molar-refractivity contribution < 1.29 is 4.74 Å². The lowest BCUT2D eigenvalue weighted by Gasteiger charge is -2.28. The Balaban J connectivity index is 0.00000312. The van der Waals surface area contributed by atoms with Crippen molar-refractivity contribution >= 4 is 29.9 Å². The SMILES string of the molecule is CC(C)CC(CN=C(N)NCCCN1CCOCC1)N1CCCC1.I. The van der Waals surface area contributed by atoms with Crippen molar-refractivity contribution in [2.75, 3.05) is 59.0 Å². The van der Waals surface area contributed by atoms with E-state index < -0.39 is 0 Å². The van der Waals surface area contributed by atoms with Crippen LogP contribution in [-0.2, 0) is 4.74 Å². The first-order chi connectivity index (χ1) is 11.6. The van der Waals surface area contributed by atoms with E-state index in [9.17, 15) is 0 Å². The number of morpholine rings is 1. The Morgan fingerprint density at radius 3 is 2.48 bits per heavy atom. The van der Waals surface area contributed by atoms with Gasteiger partial charge in [0, 0.05) is 25.7 Å². The molecule has 0 aromatic heterocycles. The van der Waals surface area contributed by atoms with Crippen molar-refractivity contribution in [1.29, 1.82) is 0 Å². The molecule has 7 heteroatoms. The van der Waals surface area contributed by atoms with Crippen LogP contribution in [-0.4, -0.2) is 80.8 Å². The van der Waals surface area contributed by atoms with Gasteiger partial charge in [0.2, 0.25) is 0 Å². The van der Waals surface area contributed by atoms with Crippen LogP contribution in [0.4, 0.5) is 0 Å². The topological polar surface area (TPSA) is 66.1 Å². The molecule has 1 unspecified atom stereocenters. The molecule has 0 amide bonds. The molecule has 2 rings (SSSR count). The minimum Gasteiger partial charge on any atom is -0.379 e. The van der Waals surface area contributed by atoms with E-state index in [4.69, 9.17) is 10.5 Å². The van der Waals surface area contributed by atoms with Crippen LogP contribution in [0.3, 0.4) is 0 Å². The van der Waals surface area contributed by atoms with E-state index in [1.54, 1.807) is 0 Å². The summed E-state index contributed by atoms with van der Waals surface area (Å²) in [5, 5.41) is 3.27. The molecule has 2 fully saturated rings. The smallest absolute Gasteiger partial charge is 0.188 e. The van der Waals surface area contributed by atoms with Gasteiger partial charge in [0.05, 0.1) is 19.8 Å². The number of halogens is 1. The fourth-order valence-electron chi connectivity index (χ4n) is 3.59. The Morgan fingerprint density at radius 1 is 1.16 bits per heavy atom. The third-order valence-electron chi connectivity index (χ3n) is 4.93. The predicted octanol–water partition coefficient (Wildman–Crippen LogP) is 1.74. The number of rotatable bonds is 9. The first kappa shape index (κ1) is 22.9. The highest BCUT2D eigenvalue weighted by Crippen LogP contribution is 2.18. The fourth-order valence-corrected chi connectivity index (χ4v) is 3.59. The highest BCUT2D eigenvalue weighted by molar-refractivity contribution is 14.0. The second kappa shape index (κ2) is 13.1. The number of ether oxygens (including phenoxy) is 1. The van der Waals surface area contributed by atoms with Crippen LogP contribution >= 0.6 is 24.0 Å². The molecule has 25 heavy (non-hydrogen) atoms. The summed E-state index contributed by atoms with van der Waals surface area (Å²) in [6.45, 7) is 13.7. The van der Waals surface area contributed by atoms with Crippen molar-refractivity contribution in [3.63, 3.8) is 0 Å². The molecule has 0 aromatic carbocycles. The van der Waals surface area contributed by atoms with Crippen molar-refractivity contribution in [1.82, 2.24) is 15.1 Å². The molecule has 1 atom stereocenters. The van der Waals surface area contributed by atoms with Gasteiger partial charge in [-0.25, -0.2) is 0 Å². The average molecular weight is 467 g/mol. The summed E-state index contributed by atoms with van der Waals surface area (Å²) < 4.78 is 5.37. The maximum atomic E-state index is 6.06. The lowest BCUT2D eigenvalue weighted by molar-refractivity contribution is 0.0376. The zero-order valence-corrected chi connectivity index (χ0v) is 18.4. The molecule has 0 spiro atoms. The van der Waals surface area contributed by atoms with Gasteiger partial charge in [0.1, 0.15) is 0 Å². The highest BCUT2D eigenvalue weighted by Gasteiger charge is 2.22. The number of hydrogen-bond donors (Lipinski definition) is 2. The van der Waals surface area contributed by atoms with Crippen LogP contribution < -0.4 is 11.1 Å². The van der Waals surface area contributed by atoms with Crippen LogP contribution in [0.5, 0.6) is 0 Å².